The zero-order valence-electron chi connectivity index (χ0n) is 10.7. The Morgan fingerprint density at radius 2 is 2.06 bits per heavy atom. The van der Waals surface area contributed by atoms with E-state index in [0.717, 1.165) is 12.5 Å². The molecule has 2 rings (SSSR count). The summed E-state index contributed by atoms with van der Waals surface area (Å²) in [7, 11) is 2.15. The summed E-state index contributed by atoms with van der Waals surface area (Å²) in [5.41, 5.74) is 1.82. The predicted octanol–water partition coefficient (Wildman–Crippen LogP) is 3.80. The van der Waals surface area contributed by atoms with Crippen LogP contribution in [0.5, 0.6) is 0 Å². The second-order valence-corrected chi connectivity index (χ2v) is 5.15. The number of rotatable bonds is 4. The van der Waals surface area contributed by atoms with Crippen molar-refractivity contribution >= 4 is 30.5 Å². The van der Waals surface area contributed by atoms with Crippen molar-refractivity contribution in [3.8, 4) is 0 Å². The lowest BCUT2D eigenvalue weighted by Gasteiger charge is -2.26. The molecule has 1 unspecified atom stereocenters. The van der Waals surface area contributed by atoms with Crippen LogP contribution in [0.15, 0.2) is 24.5 Å². The smallest absolute Gasteiger partial charge is 0.0550 e. The highest BCUT2D eigenvalue weighted by Gasteiger charge is 2.42. The number of hydrogen-bond donors (Lipinski definition) is 0. The first-order chi connectivity index (χ1) is 7.12. The fraction of sp³-hybridized carbons (Fsp3) is 0.615. The van der Waals surface area contributed by atoms with Gasteiger partial charge in [0, 0.05) is 19.8 Å². The van der Waals surface area contributed by atoms with Gasteiger partial charge in [-0.25, -0.2) is 0 Å². The van der Waals surface area contributed by atoms with E-state index in [4.69, 9.17) is 0 Å². The Bertz CT molecular complexity index is 325. The van der Waals surface area contributed by atoms with E-state index in [1.165, 1.54) is 18.5 Å². The lowest BCUT2D eigenvalue weighted by molar-refractivity contribution is 0.369. The molecule has 0 aliphatic heterocycles. The third-order valence-electron chi connectivity index (χ3n) is 3.86. The maximum Gasteiger partial charge on any atom is 0.0550 e. The van der Waals surface area contributed by atoms with Gasteiger partial charge >= 0.3 is 0 Å². The first-order valence-corrected chi connectivity index (χ1v) is 5.73. The molecule has 1 aliphatic carbocycles. The summed E-state index contributed by atoms with van der Waals surface area (Å²) >= 11 is 0. The van der Waals surface area contributed by atoms with E-state index in [1.807, 2.05) is 18.5 Å². The molecule has 2 nitrogen and oxygen atoms in total. The molecule has 0 spiro atoms. The first-order valence-electron chi connectivity index (χ1n) is 5.73. The topological polar surface area (TPSA) is 16.1 Å². The van der Waals surface area contributed by atoms with E-state index in [1.54, 1.807) is 0 Å². The molecule has 1 aromatic heterocycles. The molecule has 1 fully saturated rings. The third-order valence-corrected chi connectivity index (χ3v) is 3.86. The molecule has 0 N–H and O–H groups in total. The van der Waals surface area contributed by atoms with Gasteiger partial charge in [0.25, 0.3) is 0 Å². The molecule has 1 atom stereocenters. The molecule has 0 aromatic carbocycles. The molecular formula is C13H22Cl2N2. The van der Waals surface area contributed by atoms with Crippen molar-refractivity contribution in [3.63, 3.8) is 0 Å². The van der Waals surface area contributed by atoms with Gasteiger partial charge in [-0.05, 0) is 36.3 Å². The summed E-state index contributed by atoms with van der Waals surface area (Å²) < 4.78 is 0. The second kappa shape index (κ2) is 6.46. The monoisotopic (exact) mass is 276 g/mol. The molecule has 1 heterocycles. The summed E-state index contributed by atoms with van der Waals surface area (Å²) in [5.74, 6) is 0.766. The van der Waals surface area contributed by atoms with Crippen LogP contribution in [-0.2, 0) is 0 Å². The quantitative estimate of drug-likeness (QED) is 0.832. The van der Waals surface area contributed by atoms with Crippen molar-refractivity contribution in [2.45, 2.75) is 26.7 Å². The normalized spacial score (nSPS) is 17.4. The van der Waals surface area contributed by atoms with Gasteiger partial charge in [0.1, 0.15) is 0 Å². The minimum atomic E-state index is 0. The average Bonchev–Trinajstić information content (AvgIpc) is 2.99. The Morgan fingerprint density at radius 1 is 1.41 bits per heavy atom. The largest absolute Gasteiger partial charge is 0.373 e. The number of nitrogens with zero attached hydrogens (tertiary/aromatic N) is 2. The van der Waals surface area contributed by atoms with Crippen molar-refractivity contribution in [3.05, 3.63) is 24.5 Å². The number of aromatic nitrogens is 1. The van der Waals surface area contributed by atoms with Crippen LogP contribution in [0.3, 0.4) is 0 Å². The molecule has 4 heteroatoms. The Morgan fingerprint density at radius 3 is 2.53 bits per heavy atom. The Labute approximate surface area is 117 Å². The highest BCUT2D eigenvalue weighted by Crippen LogP contribution is 2.51. The van der Waals surface area contributed by atoms with E-state index in [0.29, 0.717) is 5.41 Å². The van der Waals surface area contributed by atoms with E-state index >= 15 is 0 Å². The van der Waals surface area contributed by atoms with Gasteiger partial charge in [0.15, 0.2) is 0 Å². The van der Waals surface area contributed by atoms with E-state index < -0.39 is 0 Å². The minimum absolute atomic E-state index is 0. The standard InChI is InChI=1S/C13H20N2.2ClH/c1-11(13(2)6-7-13)10-15(3)12-5-4-8-14-9-12;;/h4-5,8-9,11H,6-7,10H2,1-3H3;2*1H. The lowest BCUT2D eigenvalue weighted by atomic mass is 9.92. The zero-order valence-corrected chi connectivity index (χ0v) is 12.4. The molecule has 0 bridgehead atoms. The van der Waals surface area contributed by atoms with Crippen LogP contribution in [0.1, 0.15) is 26.7 Å². The van der Waals surface area contributed by atoms with Gasteiger partial charge < -0.3 is 4.90 Å². The van der Waals surface area contributed by atoms with Crippen molar-refractivity contribution < 1.29 is 0 Å². The van der Waals surface area contributed by atoms with Crippen LogP contribution >= 0.6 is 24.8 Å². The van der Waals surface area contributed by atoms with Crippen LogP contribution in [0, 0.1) is 11.3 Å². The zero-order chi connectivity index (χ0) is 10.9. The molecule has 0 radical (unpaired) electrons. The minimum Gasteiger partial charge on any atom is -0.373 e. The summed E-state index contributed by atoms with van der Waals surface area (Å²) in [6.45, 7) is 5.89. The van der Waals surface area contributed by atoms with Gasteiger partial charge in [-0.1, -0.05) is 13.8 Å². The van der Waals surface area contributed by atoms with Crippen LogP contribution < -0.4 is 4.90 Å². The molecule has 98 valence electrons. The van der Waals surface area contributed by atoms with Gasteiger partial charge in [0.2, 0.25) is 0 Å². The molecule has 0 saturated heterocycles. The fourth-order valence-electron chi connectivity index (χ4n) is 2.01. The van der Waals surface area contributed by atoms with Gasteiger partial charge in [-0.2, -0.15) is 0 Å². The Kier molecular flexibility index (Phi) is 6.28. The number of halogens is 2. The van der Waals surface area contributed by atoms with Crippen LogP contribution in [0.25, 0.3) is 0 Å². The van der Waals surface area contributed by atoms with Crippen molar-refractivity contribution in [1.29, 1.82) is 0 Å². The molecule has 0 amide bonds. The second-order valence-electron chi connectivity index (χ2n) is 5.15. The summed E-state index contributed by atoms with van der Waals surface area (Å²) in [6.07, 6.45) is 6.55. The molecule has 1 saturated carbocycles. The summed E-state index contributed by atoms with van der Waals surface area (Å²) in [5, 5.41) is 0. The van der Waals surface area contributed by atoms with Crippen LogP contribution in [-0.4, -0.2) is 18.6 Å². The average molecular weight is 277 g/mol. The number of hydrogen-bond acceptors (Lipinski definition) is 2. The van der Waals surface area contributed by atoms with Gasteiger partial charge in [-0.15, -0.1) is 24.8 Å². The SMILES string of the molecule is CC(CN(C)c1cccnc1)C1(C)CC1.Cl.Cl. The Hall–Kier alpha value is -0.470. The Balaban J connectivity index is 0.00000128. The number of anilines is 1. The third kappa shape index (κ3) is 4.04. The first kappa shape index (κ1) is 16.5. The van der Waals surface area contributed by atoms with Gasteiger partial charge in [-0.3, -0.25) is 4.98 Å². The van der Waals surface area contributed by atoms with Crippen LogP contribution in [0.2, 0.25) is 0 Å². The number of pyridine rings is 1. The predicted molar refractivity (Wildman–Crippen MR) is 78.5 cm³/mol. The molecule has 1 aliphatic rings. The van der Waals surface area contributed by atoms with E-state index in [2.05, 4.69) is 36.8 Å². The maximum absolute atomic E-state index is 4.15. The van der Waals surface area contributed by atoms with E-state index in [-0.39, 0.29) is 24.8 Å². The van der Waals surface area contributed by atoms with Crippen molar-refractivity contribution in [1.82, 2.24) is 4.98 Å². The highest BCUT2D eigenvalue weighted by molar-refractivity contribution is 5.85. The van der Waals surface area contributed by atoms with Gasteiger partial charge in [0.05, 0.1) is 11.9 Å². The van der Waals surface area contributed by atoms with E-state index in [9.17, 15) is 0 Å². The summed E-state index contributed by atoms with van der Waals surface area (Å²) in [4.78, 5) is 6.46. The maximum atomic E-state index is 4.15. The van der Waals surface area contributed by atoms with Crippen molar-refractivity contribution in [2.24, 2.45) is 11.3 Å². The molecule has 17 heavy (non-hydrogen) atoms. The molecule has 1 aromatic rings. The molecular weight excluding hydrogens is 255 g/mol. The fourth-order valence-corrected chi connectivity index (χ4v) is 2.01. The van der Waals surface area contributed by atoms with Crippen LogP contribution in [0.4, 0.5) is 5.69 Å². The highest BCUT2D eigenvalue weighted by atomic mass is 35.5. The summed E-state index contributed by atoms with van der Waals surface area (Å²) in [6, 6.07) is 4.12. The lowest BCUT2D eigenvalue weighted by Crippen LogP contribution is -2.28. The van der Waals surface area contributed by atoms with Crippen molar-refractivity contribution in [2.75, 3.05) is 18.5 Å².